The summed E-state index contributed by atoms with van der Waals surface area (Å²) >= 11 is 2.83. The van der Waals surface area contributed by atoms with Gasteiger partial charge in [0, 0.05) is 11.4 Å². The SMILES string of the molecule is Cc1cc(C)cc(NC(=O)CSc2nc3ccc(NC(=O)[C@@H]4CCCC[C@H]4C(=O)O)cc3s2)c1. The van der Waals surface area contributed by atoms with Gasteiger partial charge in [0.1, 0.15) is 0 Å². The molecule has 1 saturated carbocycles. The van der Waals surface area contributed by atoms with Gasteiger partial charge in [0.25, 0.3) is 0 Å². The van der Waals surface area contributed by atoms with E-state index in [1.54, 1.807) is 6.07 Å². The molecular formula is C25H27N3O4S2. The Kier molecular flexibility index (Phi) is 7.53. The van der Waals surface area contributed by atoms with Crippen molar-refractivity contribution in [1.29, 1.82) is 0 Å². The zero-order valence-electron chi connectivity index (χ0n) is 19.1. The number of aryl methyl sites for hydroxylation is 2. The first-order chi connectivity index (χ1) is 16.3. The molecule has 3 aromatic rings. The molecule has 0 spiro atoms. The summed E-state index contributed by atoms with van der Waals surface area (Å²) in [6.07, 6.45) is 2.85. The lowest BCUT2D eigenvalue weighted by Gasteiger charge is -2.27. The Morgan fingerprint density at radius 2 is 1.71 bits per heavy atom. The van der Waals surface area contributed by atoms with Gasteiger partial charge in [-0.05, 0) is 68.1 Å². The average Bonchev–Trinajstić information content (AvgIpc) is 3.19. The molecule has 3 N–H and O–H groups in total. The molecule has 178 valence electrons. The highest BCUT2D eigenvalue weighted by Crippen LogP contribution is 2.33. The van der Waals surface area contributed by atoms with Gasteiger partial charge in [-0.2, -0.15) is 0 Å². The number of hydrogen-bond donors (Lipinski definition) is 3. The highest BCUT2D eigenvalue weighted by Gasteiger charge is 2.35. The number of rotatable bonds is 7. The largest absolute Gasteiger partial charge is 0.481 e. The Labute approximate surface area is 206 Å². The molecule has 2 amide bonds. The molecule has 2 atom stereocenters. The van der Waals surface area contributed by atoms with Crippen LogP contribution in [-0.2, 0) is 14.4 Å². The zero-order chi connectivity index (χ0) is 24.2. The van der Waals surface area contributed by atoms with Gasteiger partial charge < -0.3 is 15.7 Å². The minimum absolute atomic E-state index is 0.0947. The van der Waals surface area contributed by atoms with Crippen molar-refractivity contribution in [3.63, 3.8) is 0 Å². The summed E-state index contributed by atoms with van der Waals surface area (Å²) in [5, 5.41) is 15.3. The number of anilines is 2. The lowest BCUT2D eigenvalue weighted by molar-refractivity contribution is -0.147. The number of nitrogens with one attached hydrogen (secondary N) is 2. The van der Waals surface area contributed by atoms with Crippen LogP contribution in [0.1, 0.15) is 36.8 Å². The number of aromatic nitrogens is 1. The molecule has 1 aromatic heterocycles. The third kappa shape index (κ3) is 5.95. The summed E-state index contributed by atoms with van der Waals surface area (Å²) in [7, 11) is 0. The first kappa shape index (κ1) is 24.2. The Morgan fingerprint density at radius 3 is 2.41 bits per heavy atom. The van der Waals surface area contributed by atoms with Gasteiger partial charge in [-0.25, -0.2) is 4.98 Å². The number of carbonyl (C=O) groups excluding carboxylic acids is 2. The molecule has 1 heterocycles. The average molecular weight is 498 g/mol. The number of carboxylic acids is 1. The quantitative estimate of drug-likeness (QED) is 0.373. The summed E-state index contributed by atoms with van der Waals surface area (Å²) in [6, 6.07) is 11.4. The Morgan fingerprint density at radius 1 is 1.00 bits per heavy atom. The molecule has 0 aliphatic heterocycles. The number of aliphatic carboxylic acids is 1. The van der Waals surface area contributed by atoms with Crippen molar-refractivity contribution in [3.05, 3.63) is 47.5 Å². The van der Waals surface area contributed by atoms with Crippen molar-refractivity contribution in [3.8, 4) is 0 Å². The van der Waals surface area contributed by atoms with Crippen LogP contribution in [0.15, 0.2) is 40.7 Å². The number of carboxylic acid groups (broad SMARTS) is 1. The molecule has 0 radical (unpaired) electrons. The van der Waals surface area contributed by atoms with E-state index in [0.29, 0.717) is 18.5 Å². The molecule has 9 heteroatoms. The van der Waals surface area contributed by atoms with Crippen molar-refractivity contribution >= 4 is 62.5 Å². The standard InChI is InChI=1S/C25H27N3O4S2/c1-14-9-15(2)11-17(10-14)26-22(29)13-33-25-28-20-8-7-16(12-21(20)34-25)27-23(30)18-5-3-4-6-19(18)24(31)32/h7-12,18-19H,3-6,13H2,1-2H3,(H,26,29)(H,27,30)(H,31,32)/t18-,19-/m1/s1. The maximum Gasteiger partial charge on any atom is 0.307 e. The van der Waals surface area contributed by atoms with Crippen LogP contribution in [-0.4, -0.2) is 33.6 Å². The van der Waals surface area contributed by atoms with E-state index in [2.05, 4.69) is 21.7 Å². The number of thioether (sulfide) groups is 1. The molecular weight excluding hydrogens is 470 g/mol. The molecule has 7 nitrogen and oxygen atoms in total. The monoisotopic (exact) mass is 497 g/mol. The Balaban J connectivity index is 1.37. The second-order valence-corrected chi connectivity index (χ2v) is 11.0. The number of benzene rings is 2. The van der Waals surface area contributed by atoms with Crippen LogP contribution in [0.25, 0.3) is 10.2 Å². The molecule has 4 rings (SSSR count). The van der Waals surface area contributed by atoms with Crippen molar-refractivity contribution in [2.75, 3.05) is 16.4 Å². The van der Waals surface area contributed by atoms with Gasteiger partial charge >= 0.3 is 5.97 Å². The van der Waals surface area contributed by atoms with Gasteiger partial charge in [0.2, 0.25) is 11.8 Å². The fourth-order valence-corrected chi connectivity index (χ4v) is 6.30. The molecule has 0 saturated heterocycles. The van der Waals surface area contributed by atoms with Gasteiger partial charge in [-0.1, -0.05) is 30.7 Å². The van der Waals surface area contributed by atoms with Crippen molar-refractivity contribution in [2.45, 2.75) is 43.9 Å². The second-order valence-electron chi connectivity index (χ2n) is 8.70. The van der Waals surface area contributed by atoms with Gasteiger partial charge in [-0.15, -0.1) is 11.3 Å². The number of hydrogen-bond acceptors (Lipinski definition) is 6. The van der Waals surface area contributed by atoms with E-state index < -0.39 is 17.8 Å². The van der Waals surface area contributed by atoms with Crippen LogP contribution >= 0.6 is 23.1 Å². The molecule has 1 fully saturated rings. The van der Waals surface area contributed by atoms with Crippen LogP contribution in [0.2, 0.25) is 0 Å². The third-order valence-electron chi connectivity index (χ3n) is 5.89. The first-order valence-corrected chi connectivity index (χ1v) is 13.0. The predicted molar refractivity (Wildman–Crippen MR) is 137 cm³/mol. The lowest BCUT2D eigenvalue weighted by atomic mass is 9.78. The van der Waals surface area contributed by atoms with E-state index >= 15 is 0 Å². The highest BCUT2D eigenvalue weighted by molar-refractivity contribution is 8.01. The second kappa shape index (κ2) is 10.6. The van der Waals surface area contributed by atoms with E-state index in [1.807, 2.05) is 38.1 Å². The summed E-state index contributed by atoms with van der Waals surface area (Å²) in [6.45, 7) is 3.99. The van der Waals surface area contributed by atoms with Gasteiger partial charge in [0.05, 0.1) is 27.8 Å². The smallest absolute Gasteiger partial charge is 0.307 e. The predicted octanol–water partition coefficient (Wildman–Crippen LogP) is 5.47. The number of fused-ring (bicyclic) bond motifs is 1. The van der Waals surface area contributed by atoms with E-state index in [1.165, 1.54) is 23.1 Å². The van der Waals surface area contributed by atoms with Crippen LogP contribution in [0, 0.1) is 25.7 Å². The molecule has 1 aliphatic carbocycles. The fourth-order valence-electron chi connectivity index (χ4n) is 4.39. The van der Waals surface area contributed by atoms with Crippen LogP contribution in [0.5, 0.6) is 0 Å². The number of carbonyl (C=O) groups is 3. The minimum atomic E-state index is -0.902. The summed E-state index contributed by atoms with van der Waals surface area (Å²) in [4.78, 5) is 41.2. The van der Waals surface area contributed by atoms with Crippen molar-refractivity contribution in [1.82, 2.24) is 4.98 Å². The number of amides is 2. The normalized spacial score (nSPS) is 17.9. The molecule has 0 unspecified atom stereocenters. The lowest BCUT2D eigenvalue weighted by Crippen LogP contribution is -2.36. The fraction of sp³-hybridized carbons (Fsp3) is 0.360. The zero-order valence-corrected chi connectivity index (χ0v) is 20.7. The van der Waals surface area contributed by atoms with Crippen LogP contribution in [0.4, 0.5) is 11.4 Å². The highest BCUT2D eigenvalue weighted by atomic mass is 32.2. The van der Waals surface area contributed by atoms with Crippen LogP contribution < -0.4 is 10.6 Å². The van der Waals surface area contributed by atoms with Crippen molar-refractivity contribution < 1.29 is 19.5 Å². The Hall–Kier alpha value is -2.91. The number of thiazole rings is 1. The van der Waals surface area contributed by atoms with Gasteiger partial charge in [0.15, 0.2) is 4.34 Å². The summed E-state index contributed by atoms with van der Waals surface area (Å²) in [5.74, 6) is -2.13. The third-order valence-corrected chi connectivity index (χ3v) is 8.05. The number of nitrogens with zero attached hydrogens (tertiary/aromatic N) is 1. The van der Waals surface area contributed by atoms with E-state index in [9.17, 15) is 19.5 Å². The topological polar surface area (TPSA) is 108 Å². The first-order valence-electron chi connectivity index (χ1n) is 11.2. The van der Waals surface area contributed by atoms with Crippen LogP contribution in [0.3, 0.4) is 0 Å². The van der Waals surface area contributed by atoms with E-state index in [-0.39, 0.29) is 17.6 Å². The summed E-state index contributed by atoms with van der Waals surface area (Å²) in [5.41, 5.74) is 4.40. The maximum atomic E-state index is 12.8. The molecule has 34 heavy (non-hydrogen) atoms. The van der Waals surface area contributed by atoms with Crippen molar-refractivity contribution in [2.24, 2.45) is 11.8 Å². The van der Waals surface area contributed by atoms with E-state index in [4.69, 9.17) is 0 Å². The summed E-state index contributed by atoms with van der Waals surface area (Å²) < 4.78 is 1.67. The molecule has 2 aromatic carbocycles. The maximum absolute atomic E-state index is 12.8. The molecule has 0 bridgehead atoms. The van der Waals surface area contributed by atoms with Gasteiger partial charge in [-0.3, -0.25) is 14.4 Å². The van der Waals surface area contributed by atoms with E-state index in [0.717, 1.165) is 44.2 Å². The Bertz CT molecular complexity index is 1220. The minimum Gasteiger partial charge on any atom is -0.481 e. The molecule has 1 aliphatic rings.